The highest BCUT2D eigenvalue weighted by Crippen LogP contribution is 2.57. The Balaban J connectivity index is 1.19. The van der Waals surface area contributed by atoms with Crippen LogP contribution in [0, 0.1) is 6.92 Å². The smallest absolute Gasteiger partial charge is 0.341 e. The van der Waals surface area contributed by atoms with Crippen molar-refractivity contribution in [2.24, 2.45) is 0 Å². The molecule has 3 aromatic heterocycles. The van der Waals surface area contributed by atoms with Crippen molar-refractivity contribution in [2.75, 3.05) is 17.2 Å². The van der Waals surface area contributed by atoms with E-state index in [-0.39, 0.29) is 39.4 Å². The average molecular weight is 731 g/mol. The number of fused-ring (bicyclic) bond motifs is 9. The van der Waals surface area contributed by atoms with Crippen molar-refractivity contribution >= 4 is 50.2 Å². The van der Waals surface area contributed by atoms with Crippen LogP contribution in [0.4, 0.5) is 11.6 Å². The van der Waals surface area contributed by atoms with E-state index in [2.05, 4.69) is 11.1 Å². The first-order chi connectivity index (χ1) is 24.4. The van der Waals surface area contributed by atoms with Crippen LogP contribution in [-0.2, 0) is 31.9 Å². The highest BCUT2D eigenvalue weighted by Gasteiger charge is 2.61. The number of hydrogen-bond donors (Lipinski definition) is 3. The van der Waals surface area contributed by atoms with Crippen molar-refractivity contribution in [2.45, 2.75) is 107 Å². The van der Waals surface area contributed by atoms with Gasteiger partial charge in [0.2, 0.25) is 0 Å². The Morgan fingerprint density at radius 1 is 1.02 bits per heavy atom. The zero-order valence-electron chi connectivity index (χ0n) is 29.0. The van der Waals surface area contributed by atoms with Crippen molar-refractivity contribution in [3.8, 4) is 22.8 Å². The van der Waals surface area contributed by atoms with Gasteiger partial charge in [-0.3, -0.25) is 4.79 Å². The molecule has 8 rings (SSSR count). The van der Waals surface area contributed by atoms with Crippen LogP contribution in [-0.4, -0.2) is 50.2 Å². The van der Waals surface area contributed by atoms with Crippen molar-refractivity contribution in [3.63, 3.8) is 0 Å². The Bertz CT molecular complexity index is 2120. The molecule has 1 saturated heterocycles. The number of ether oxygens (including phenoxy) is 3. The fourth-order valence-corrected chi connectivity index (χ4v) is 11.6. The first kappa shape index (κ1) is 34.2. The quantitative estimate of drug-likeness (QED) is 0.0983. The summed E-state index contributed by atoms with van der Waals surface area (Å²) in [6, 6.07) is 8.93. The number of aromatic hydroxyl groups is 1. The molecule has 1 saturated carbocycles. The third-order valence-corrected chi connectivity index (χ3v) is 14.3. The summed E-state index contributed by atoms with van der Waals surface area (Å²) in [5.41, 5.74) is 15.0. The summed E-state index contributed by atoms with van der Waals surface area (Å²) in [4.78, 5) is 36.2. The van der Waals surface area contributed by atoms with Crippen molar-refractivity contribution in [1.29, 1.82) is 0 Å². The number of aryl methyl sites for hydroxylation is 2. The van der Waals surface area contributed by atoms with Gasteiger partial charge in [-0.15, -0.1) is 0 Å². The number of nitrogen functional groups attached to an aromatic ring is 2. The van der Waals surface area contributed by atoms with Gasteiger partial charge in [-0.1, -0.05) is 40.9 Å². The molecule has 11 nitrogen and oxygen atoms in total. The number of benzene rings is 1. The average Bonchev–Trinajstić information content (AvgIpc) is 3.76. The van der Waals surface area contributed by atoms with Gasteiger partial charge in [-0.2, -0.15) is 0 Å². The Hall–Kier alpha value is -3.94. The molecule has 0 radical (unpaired) electrons. The molecule has 13 heteroatoms. The third kappa shape index (κ3) is 6.00. The number of esters is 1. The number of pyridine rings is 2. The standard InChI is InChI=1S/C38H42N4O7S2/c1-20-15-25(43)31-27(46-20)19-26-23(33(31)44)18-29-36(2,48-26)12-14-50-51-38(10-5-4-6-11-38)32-22(9-13-41-34(32)40)24-16-21(17-30(39)42-24)7-8-28-37(3,49-28)35(45)47-29/h9,13,15-17,19,28-29,44H,4-8,10-12,14,18H2,1-3H3,(H2,39,42)(H2,40,41)/t28-,29-,36+,37-/m1/s1. The highest BCUT2D eigenvalue weighted by molar-refractivity contribution is 8.77. The van der Waals surface area contributed by atoms with Crippen molar-refractivity contribution in [1.82, 2.24) is 9.97 Å². The van der Waals surface area contributed by atoms with Crippen LogP contribution in [0.5, 0.6) is 11.5 Å². The number of anilines is 2. The van der Waals surface area contributed by atoms with E-state index >= 15 is 0 Å². The molecule has 1 aliphatic carbocycles. The molecule has 6 heterocycles. The van der Waals surface area contributed by atoms with Gasteiger partial charge < -0.3 is 35.2 Å². The van der Waals surface area contributed by atoms with Gasteiger partial charge >= 0.3 is 5.97 Å². The minimum absolute atomic E-state index is 0.0781. The van der Waals surface area contributed by atoms with Gasteiger partial charge in [-0.25, -0.2) is 14.8 Å². The number of nitrogens with two attached hydrogens (primary N) is 2. The number of rotatable bonds is 0. The molecule has 0 amide bonds. The number of carbonyl (C=O) groups excluding carboxylic acids is 1. The third-order valence-electron chi connectivity index (χ3n) is 11.1. The Labute approximate surface area is 303 Å². The maximum atomic E-state index is 13.9. The molecule has 4 atom stereocenters. The van der Waals surface area contributed by atoms with E-state index in [9.17, 15) is 14.7 Å². The van der Waals surface area contributed by atoms with Crippen LogP contribution < -0.4 is 21.6 Å². The van der Waals surface area contributed by atoms with Gasteiger partial charge in [0.05, 0.1) is 16.5 Å². The van der Waals surface area contributed by atoms with Crippen LogP contribution in [0.1, 0.15) is 81.2 Å². The lowest BCUT2D eigenvalue weighted by molar-refractivity contribution is -0.168. The zero-order valence-corrected chi connectivity index (χ0v) is 30.6. The second-order valence-electron chi connectivity index (χ2n) is 14.7. The lowest BCUT2D eigenvalue weighted by Crippen LogP contribution is -2.52. The summed E-state index contributed by atoms with van der Waals surface area (Å²) in [5.74, 6) is 1.71. The van der Waals surface area contributed by atoms with E-state index in [0.717, 1.165) is 54.5 Å². The summed E-state index contributed by atoms with van der Waals surface area (Å²) in [7, 11) is 3.56. The van der Waals surface area contributed by atoms with E-state index in [1.165, 1.54) is 6.07 Å². The fourth-order valence-electron chi connectivity index (χ4n) is 8.11. The second kappa shape index (κ2) is 12.6. The Kier molecular flexibility index (Phi) is 8.46. The maximum absolute atomic E-state index is 13.9. The SMILES string of the molecule is Cc1cc(=O)c2c(O)c3c(cc2o1)O[C@@]1(C)CCSSC2(CCCCC2)c2c(ccnc2N)-c2cc(cc(N)n2)CC[C@H]2O[C@@]2(C)C(=O)O[C@@H]1C3. The van der Waals surface area contributed by atoms with Crippen LogP contribution in [0.2, 0.25) is 0 Å². The van der Waals surface area contributed by atoms with Gasteiger partial charge in [0, 0.05) is 53.6 Å². The van der Waals surface area contributed by atoms with E-state index in [1.54, 1.807) is 36.9 Å². The van der Waals surface area contributed by atoms with Gasteiger partial charge in [0.1, 0.15) is 51.6 Å². The van der Waals surface area contributed by atoms with E-state index in [0.29, 0.717) is 53.7 Å². The van der Waals surface area contributed by atoms with Crippen LogP contribution in [0.25, 0.3) is 22.2 Å². The normalized spacial score (nSPS) is 27.5. The first-order valence-electron chi connectivity index (χ1n) is 17.6. The molecule has 5 N–H and O–H groups in total. The van der Waals surface area contributed by atoms with E-state index in [4.69, 9.17) is 35.1 Å². The Morgan fingerprint density at radius 2 is 1.82 bits per heavy atom. The van der Waals surface area contributed by atoms with Crippen molar-refractivity contribution < 1.29 is 28.5 Å². The molecular weight excluding hydrogens is 689 g/mol. The molecule has 4 aromatic rings. The number of epoxide rings is 1. The molecule has 268 valence electrons. The maximum Gasteiger partial charge on any atom is 0.341 e. The summed E-state index contributed by atoms with van der Waals surface area (Å²) >= 11 is 0. The molecule has 1 aromatic carbocycles. The molecular formula is C38H42N4O7S2. The molecule has 2 bridgehead atoms. The van der Waals surface area contributed by atoms with E-state index < -0.39 is 23.3 Å². The molecule has 0 unspecified atom stereocenters. The molecule has 4 aliphatic rings. The van der Waals surface area contributed by atoms with Crippen LogP contribution in [0.15, 0.2) is 45.7 Å². The van der Waals surface area contributed by atoms with Crippen LogP contribution in [0.3, 0.4) is 0 Å². The summed E-state index contributed by atoms with van der Waals surface area (Å²) in [6.07, 6.45) is 7.65. The molecule has 51 heavy (non-hydrogen) atoms. The van der Waals surface area contributed by atoms with Crippen LogP contribution >= 0.6 is 21.6 Å². The van der Waals surface area contributed by atoms with Crippen molar-refractivity contribution in [3.05, 3.63) is 69.2 Å². The fraction of sp³-hybridized carbons (Fsp3) is 0.474. The van der Waals surface area contributed by atoms with Gasteiger partial charge in [0.25, 0.3) is 0 Å². The highest BCUT2D eigenvalue weighted by atomic mass is 33.1. The predicted octanol–water partition coefficient (Wildman–Crippen LogP) is 6.77. The summed E-state index contributed by atoms with van der Waals surface area (Å²) in [5, 5.41) is 11.5. The minimum atomic E-state index is -1.14. The predicted molar refractivity (Wildman–Crippen MR) is 199 cm³/mol. The first-order valence-corrected chi connectivity index (χ1v) is 19.9. The number of nitrogens with zero attached hydrogens (tertiary/aromatic N) is 2. The topological polar surface area (TPSA) is 176 Å². The summed E-state index contributed by atoms with van der Waals surface area (Å²) < 4.78 is 24.6. The lowest BCUT2D eigenvalue weighted by atomic mass is 9.80. The van der Waals surface area contributed by atoms with Gasteiger partial charge in [-0.05, 0) is 70.2 Å². The number of phenolic OH excluding ortho intramolecular Hbond substituents is 1. The summed E-state index contributed by atoms with van der Waals surface area (Å²) in [6.45, 7) is 5.38. The lowest BCUT2D eigenvalue weighted by Gasteiger charge is -2.42. The molecule has 3 aliphatic heterocycles. The molecule has 1 spiro atoms. The molecule has 2 fully saturated rings. The van der Waals surface area contributed by atoms with E-state index in [1.807, 2.05) is 29.9 Å². The Morgan fingerprint density at radius 3 is 2.63 bits per heavy atom. The zero-order chi connectivity index (χ0) is 35.7. The number of aromatic nitrogens is 2. The largest absolute Gasteiger partial charge is 0.507 e. The monoisotopic (exact) mass is 730 g/mol. The number of phenols is 1. The minimum Gasteiger partial charge on any atom is -0.507 e. The number of hydrogen-bond acceptors (Lipinski definition) is 13. The number of carbonyl (C=O) groups is 1. The second-order valence-corrected chi connectivity index (χ2v) is 17.5. The van der Waals surface area contributed by atoms with Gasteiger partial charge in [0.15, 0.2) is 11.0 Å².